The Labute approximate surface area is 90.6 Å². The Balaban J connectivity index is 1.65. The molecule has 1 N–H and O–H groups in total. The van der Waals surface area contributed by atoms with Crippen molar-refractivity contribution in [1.82, 2.24) is 15.1 Å². The van der Waals surface area contributed by atoms with Crippen LogP contribution in [0.15, 0.2) is 12.3 Å². The van der Waals surface area contributed by atoms with Crippen molar-refractivity contribution in [3.8, 4) is 0 Å². The Bertz CT molecular complexity index is 292. The molecule has 0 radical (unpaired) electrons. The van der Waals surface area contributed by atoms with Crippen molar-refractivity contribution >= 4 is 0 Å². The van der Waals surface area contributed by atoms with Crippen LogP contribution in [0.25, 0.3) is 0 Å². The van der Waals surface area contributed by atoms with Gasteiger partial charge in [0.15, 0.2) is 0 Å². The first-order valence-corrected chi connectivity index (χ1v) is 5.64. The van der Waals surface area contributed by atoms with Crippen LogP contribution in [-0.4, -0.2) is 35.6 Å². The average molecular weight is 209 g/mol. The van der Waals surface area contributed by atoms with E-state index >= 15 is 0 Å². The molecule has 0 bridgehead atoms. The maximum absolute atomic E-state index is 5.31. The van der Waals surface area contributed by atoms with Gasteiger partial charge in [-0.05, 0) is 18.9 Å². The molecule has 0 amide bonds. The Hall–Kier alpha value is -0.870. The van der Waals surface area contributed by atoms with Gasteiger partial charge in [0, 0.05) is 45.5 Å². The third-order valence-electron chi connectivity index (χ3n) is 2.80. The summed E-state index contributed by atoms with van der Waals surface area (Å²) in [6.45, 7) is 2.82. The van der Waals surface area contributed by atoms with Crippen molar-refractivity contribution in [3.63, 3.8) is 0 Å². The van der Waals surface area contributed by atoms with Gasteiger partial charge in [-0.1, -0.05) is 0 Å². The lowest BCUT2D eigenvalue weighted by Crippen LogP contribution is -2.35. The second-order valence-corrected chi connectivity index (χ2v) is 4.07. The predicted octanol–water partition coefficient (Wildman–Crippen LogP) is 0.731. The maximum atomic E-state index is 5.31. The number of nitrogens with zero attached hydrogens (tertiary/aromatic N) is 2. The molecular formula is C11H19N3O. The summed E-state index contributed by atoms with van der Waals surface area (Å²) in [6, 6.07) is 2.72. The molecule has 1 saturated heterocycles. The van der Waals surface area contributed by atoms with Gasteiger partial charge >= 0.3 is 0 Å². The molecule has 1 aromatic rings. The van der Waals surface area contributed by atoms with E-state index < -0.39 is 0 Å². The highest BCUT2D eigenvalue weighted by Gasteiger charge is 2.12. The van der Waals surface area contributed by atoms with E-state index in [-0.39, 0.29) is 0 Å². The molecule has 1 fully saturated rings. The second kappa shape index (κ2) is 5.28. The summed E-state index contributed by atoms with van der Waals surface area (Å²) >= 11 is 0. The van der Waals surface area contributed by atoms with E-state index in [1.807, 2.05) is 17.9 Å². The molecule has 0 saturated carbocycles. The van der Waals surface area contributed by atoms with E-state index in [4.69, 9.17) is 4.74 Å². The van der Waals surface area contributed by atoms with E-state index in [0.29, 0.717) is 6.04 Å². The molecule has 4 nitrogen and oxygen atoms in total. The zero-order chi connectivity index (χ0) is 10.5. The molecule has 1 aliphatic rings. The molecule has 0 aromatic carbocycles. The van der Waals surface area contributed by atoms with Gasteiger partial charge < -0.3 is 10.1 Å². The SMILES string of the molecule is Cn1ccc(CCNC2CCOCC2)n1. The Morgan fingerprint density at radius 3 is 3.00 bits per heavy atom. The van der Waals surface area contributed by atoms with E-state index in [2.05, 4.69) is 16.5 Å². The summed E-state index contributed by atoms with van der Waals surface area (Å²) in [5.41, 5.74) is 1.16. The van der Waals surface area contributed by atoms with Crippen LogP contribution >= 0.6 is 0 Å². The number of nitrogens with one attached hydrogen (secondary N) is 1. The lowest BCUT2D eigenvalue weighted by Gasteiger charge is -2.22. The van der Waals surface area contributed by atoms with Gasteiger partial charge in [-0.2, -0.15) is 5.10 Å². The van der Waals surface area contributed by atoms with E-state index in [1.54, 1.807) is 0 Å². The van der Waals surface area contributed by atoms with Crippen LogP contribution in [0.1, 0.15) is 18.5 Å². The van der Waals surface area contributed by atoms with Crippen molar-refractivity contribution in [2.45, 2.75) is 25.3 Å². The first-order chi connectivity index (χ1) is 7.34. The summed E-state index contributed by atoms with van der Waals surface area (Å²) in [5, 5.41) is 7.90. The molecule has 84 valence electrons. The minimum absolute atomic E-state index is 0.641. The topological polar surface area (TPSA) is 39.1 Å². The number of hydrogen-bond acceptors (Lipinski definition) is 3. The van der Waals surface area contributed by atoms with Gasteiger partial charge in [0.2, 0.25) is 0 Å². The highest BCUT2D eigenvalue weighted by Crippen LogP contribution is 2.06. The molecule has 2 rings (SSSR count). The van der Waals surface area contributed by atoms with Crippen LogP contribution < -0.4 is 5.32 Å². The standard InChI is InChI=1S/C11H19N3O/c1-14-7-3-11(13-14)2-6-12-10-4-8-15-9-5-10/h3,7,10,12H,2,4-6,8-9H2,1H3. The fraction of sp³-hybridized carbons (Fsp3) is 0.727. The maximum Gasteiger partial charge on any atom is 0.0637 e. The Kier molecular flexibility index (Phi) is 3.75. The van der Waals surface area contributed by atoms with Gasteiger partial charge in [0.1, 0.15) is 0 Å². The van der Waals surface area contributed by atoms with Crippen LogP contribution in [0, 0.1) is 0 Å². The summed E-state index contributed by atoms with van der Waals surface area (Å²) in [5.74, 6) is 0. The fourth-order valence-electron chi connectivity index (χ4n) is 1.90. The normalized spacial score (nSPS) is 18.2. The fourth-order valence-corrected chi connectivity index (χ4v) is 1.90. The van der Waals surface area contributed by atoms with Gasteiger partial charge in [0.25, 0.3) is 0 Å². The Morgan fingerprint density at radius 1 is 1.53 bits per heavy atom. The van der Waals surface area contributed by atoms with Crippen molar-refractivity contribution in [1.29, 1.82) is 0 Å². The van der Waals surface area contributed by atoms with E-state index in [9.17, 15) is 0 Å². The summed E-state index contributed by atoms with van der Waals surface area (Å²) in [6.07, 6.45) is 5.28. The third kappa shape index (κ3) is 3.32. The highest BCUT2D eigenvalue weighted by atomic mass is 16.5. The number of aromatic nitrogens is 2. The quantitative estimate of drug-likeness (QED) is 0.794. The first-order valence-electron chi connectivity index (χ1n) is 5.64. The van der Waals surface area contributed by atoms with E-state index in [1.165, 1.54) is 0 Å². The Morgan fingerprint density at radius 2 is 2.33 bits per heavy atom. The summed E-state index contributed by atoms with van der Waals surface area (Å²) < 4.78 is 7.16. The summed E-state index contributed by atoms with van der Waals surface area (Å²) in [4.78, 5) is 0. The number of rotatable bonds is 4. The van der Waals surface area contributed by atoms with Crippen LogP contribution in [0.3, 0.4) is 0 Å². The van der Waals surface area contributed by atoms with Crippen LogP contribution in [0.5, 0.6) is 0 Å². The molecule has 0 aliphatic carbocycles. The molecule has 1 aliphatic heterocycles. The molecule has 0 unspecified atom stereocenters. The van der Waals surface area contributed by atoms with Crippen molar-refractivity contribution < 1.29 is 4.74 Å². The first kappa shape index (κ1) is 10.6. The van der Waals surface area contributed by atoms with Gasteiger partial charge in [-0.3, -0.25) is 4.68 Å². The largest absolute Gasteiger partial charge is 0.381 e. The van der Waals surface area contributed by atoms with E-state index in [0.717, 1.165) is 44.7 Å². The molecule has 0 atom stereocenters. The number of ether oxygens (including phenoxy) is 1. The lowest BCUT2D eigenvalue weighted by molar-refractivity contribution is 0.0782. The zero-order valence-electron chi connectivity index (χ0n) is 9.28. The molecule has 15 heavy (non-hydrogen) atoms. The molecule has 4 heteroatoms. The molecular weight excluding hydrogens is 190 g/mol. The average Bonchev–Trinajstić information content (AvgIpc) is 2.66. The monoisotopic (exact) mass is 209 g/mol. The van der Waals surface area contributed by atoms with Gasteiger partial charge in [0.05, 0.1) is 5.69 Å². The van der Waals surface area contributed by atoms with Gasteiger partial charge in [-0.25, -0.2) is 0 Å². The van der Waals surface area contributed by atoms with Crippen molar-refractivity contribution in [2.75, 3.05) is 19.8 Å². The van der Waals surface area contributed by atoms with Crippen molar-refractivity contribution in [3.05, 3.63) is 18.0 Å². The third-order valence-corrected chi connectivity index (χ3v) is 2.80. The van der Waals surface area contributed by atoms with Crippen LogP contribution in [0.4, 0.5) is 0 Å². The van der Waals surface area contributed by atoms with Crippen LogP contribution in [0.2, 0.25) is 0 Å². The number of aryl methyl sites for hydroxylation is 1. The number of hydrogen-bond donors (Lipinski definition) is 1. The minimum Gasteiger partial charge on any atom is -0.381 e. The minimum atomic E-state index is 0.641. The highest BCUT2D eigenvalue weighted by molar-refractivity contribution is 4.99. The van der Waals surface area contributed by atoms with Gasteiger partial charge in [-0.15, -0.1) is 0 Å². The molecule has 1 aromatic heterocycles. The molecule has 0 spiro atoms. The second-order valence-electron chi connectivity index (χ2n) is 4.07. The summed E-state index contributed by atoms with van der Waals surface area (Å²) in [7, 11) is 1.95. The smallest absolute Gasteiger partial charge is 0.0637 e. The van der Waals surface area contributed by atoms with Crippen molar-refractivity contribution in [2.24, 2.45) is 7.05 Å². The predicted molar refractivity (Wildman–Crippen MR) is 58.8 cm³/mol. The lowest BCUT2D eigenvalue weighted by atomic mass is 10.1. The van der Waals surface area contributed by atoms with Crippen LogP contribution in [-0.2, 0) is 18.2 Å². The molecule has 2 heterocycles. The zero-order valence-corrected chi connectivity index (χ0v) is 9.28.